The summed E-state index contributed by atoms with van der Waals surface area (Å²) in [5.41, 5.74) is 0. The Bertz CT molecular complexity index is 261. The summed E-state index contributed by atoms with van der Waals surface area (Å²) in [5.74, 6) is 1.76. The third kappa shape index (κ3) is 2.57. The van der Waals surface area contributed by atoms with Crippen molar-refractivity contribution in [1.29, 1.82) is 0 Å². The van der Waals surface area contributed by atoms with Gasteiger partial charge >= 0.3 is 0 Å². The molecule has 0 bridgehead atoms. The highest BCUT2D eigenvalue weighted by molar-refractivity contribution is 5.84. The van der Waals surface area contributed by atoms with Gasteiger partial charge in [0.25, 0.3) is 0 Å². The minimum Gasteiger partial charge on any atom is -0.326 e. The molecule has 2 unspecified atom stereocenters. The predicted octanol–water partition coefficient (Wildman–Crippen LogP) is 1.98. The quantitative estimate of drug-likeness (QED) is 0.774. The van der Waals surface area contributed by atoms with E-state index in [-0.39, 0.29) is 12.2 Å². The van der Waals surface area contributed by atoms with Crippen molar-refractivity contribution in [1.82, 2.24) is 10.2 Å². The zero-order valence-electron chi connectivity index (χ0n) is 10.7. The molecular weight excluding hydrogens is 200 g/mol. The Balaban J connectivity index is 1.99. The second kappa shape index (κ2) is 4.74. The molecule has 0 aromatic heterocycles. The lowest BCUT2D eigenvalue weighted by Gasteiger charge is -2.25. The highest BCUT2D eigenvalue weighted by Crippen LogP contribution is 2.32. The van der Waals surface area contributed by atoms with Gasteiger partial charge in [0.15, 0.2) is 0 Å². The molecule has 92 valence electrons. The van der Waals surface area contributed by atoms with E-state index in [1.54, 1.807) is 0 Å². The van der Waals surface area contributed by atoms with Crippen molar-refractivity contribution in [2.75, 3.05) is 6.54 Å². The molecule has 3 nitrogen and oxygen atoms in total. The molecule has 1 N–H and O–H groups in total. The van der Waals surface area contributed by atoms with Gasteiger partial charge in [-0.1, -0.05) is 20.8 Å². The largest absolute Gasteiger partial charge is 0.326 e. The predicted molar refractivity (Wildman–Crippen MR) is 64.9 cm³/mol. The van der Waals surface area contributed by atoms with Gasteiger partial charge in [-0.25, -0.2) is 0 Å². The fourth-order valence-electron chi connectivity index (χ4n) is 2.48. The fourth-order valence-corrected chi connectivity index (χ4v) is 2.48. The number of nitrogens with zero attached hydrogens (tertiary/aromatic N) is 1. The van der Waals surface area contributed by atoms with E-state index in [4.69, 9.17) is 0 Å². The number of rotatable bonds is 5. The number of amides is 1. The molecule has 1 heterocycles. The van der Waals surface area contributed by atoms with Gasteiger partial charge in [0.2, 0.25) is 5.91 Å². The summed E-state index contributed by atoms with van der Waals surface area (Å²) >= 11 is 0. The van der Waals surface area contributed by atoms with Crippen molar-refractivity contribution in [3.05, 3.63) is 0 Å². The van der Waals surface area contributed by atoms with Gasteiger partial charge < -0.3 is 4.90 Å². The SMILES string of the molecule is CCC1NC(CC(C)C)N(CC2CC2)C1=O. The Labute approximate surface area is 98.6 Å². The van der Waals surface area contributed by atoms with Crippen molar-refractivity contribution < 1.29 is 4.79 Å². The average Bonchev–Trinajstić information content (AvgIpc) is 2.98. The van der Waals surface area contributed by atoms with Crippen LogP contribution in [-0.4, -0.2) is 29.6 Å². The molecular formula is C13H24N2O. The zero-order valence-corrected chi connectivity index (χ0v) is 10.7. The molecule has 2 atom stereocenters. The number of hydrogen-bond donors (Lipinski definition) is 1. The van der Waals surface area contributed by atoms with Crippen LogP contribution < -0.4 is 5.32 Å². The second-order valence-electron chi connectivity index (χ2n) is 5.71. The molecule has 16 heavy (non-hydrogen) atoms. The van der Waals surface area contributed by atoms with Gasteiger partial charge in [0, 0.05) is 6.54 Å². The fraction of sp³-hybridized carbons (Fsp3) is 0.923. The van der Waals surface area contributed by atoms with Crippen molar-refractivity contribution in [2.45, 2.75) is 58.7 Å². The summed E-state index contributed by atoms with van der Waals surface area (Å²) in [6.45, 7) is 7.52. The standard InChI is InChI=1S/C13H24N2O/c1-4-11-13(16)15(8-10-5-6-10)12(14-11)7-9(2)3/h9-12,14H,4-8H2,1-3H3. The van der Waals surface area contributed by atoms with Crippen LogP contribution in [0.15, 0.2) is 0 Å². The van der Waals surface area contributed by atoms with Gasteiger partial charge in [0.1, 0.15) is 0 Å². The summed E-state index contributed by atoms with van der Waals surface area (Å²) in [6, 6.07) is 0.0718. The summed E-state index contributed by atoms with van der Waals surface area (Å²) in [4.78, 5) is 14.3. The average molecular weight is 224 g/mol. The molecule has 1 saturated heterocycles. The van der Waals surface area contributed by atoms with E-state index in [9.17, 15) is 4.79 Å². The molecule has 2 aliphatic rings. The lowest BCUT2D eigenvalue weighted by molar-refractivity contribution is -0.130. The van der Waals surface area contributed by atoms with Gasteiger partial charge in [-0.05, 0) is 37.5 Å². The smallest absolute Gasteiger partial charge is 0.241 e. The normalized spacial score (nSPS) is 30.5. The molecule has 0 aromatic rings. The van der Waals surface area contributed by atoms with Crippen LogP contribution in [0, 0.1) is 11.8 Å². The van der Waals surface area contributed by atoms with E-state index in [1.807, 2.05) is 0 Å². The molecule has 2 rings (SSSR count). The minimum absolute atomic E-state index is 0.0718. The van der Waals surface area contributed by atoms with Crippen molar-refractivity contribution in [2.24, 2.45) is 11.8 Å². The van der Waals surface area contributed by atoms with Gasteiger partial charge in [0.05, 0.1) is 12.2 Å². The molecule has 0 spiro atoms. The molecule has 1 amide bonds. The van der Waals surface area contributed by atoms with Crippen LogP contribution >= 0.6 is 0 Å². The third-order valence-corrected chi connectivity index (χ3v) is 3.61. The maximum absolute atomic E-state index is 12.2. The summed E-state index contributed by atoms with van der Waals surface area (Å²) in [7, 11) is 0. The molecule has 0 radical (unpaired) electrons. The van der Waals surface area contributed by atoms with Crippen molar-refractivity contribution in [3.8, 4) is 0 Å². The van der Waals surface area contributed by atoms with Crippen LogP contribution in [0.1, 0.15) is 46.5 Å². The maximum atomic E-state index is 12.2. The Morgan fingerprint density at radius 1 is 1.44 bits per heavy atom. The Hall–Kier alpha value is -0.570. The highest BCUT2D eigenvalue weighted by Gasteiger charge is 2.40. The molecule has 3 heteroatoms. The first kappa shape index (κ1) is 11.9. The number of carbonyl (C=O) groups excluding carboxylic acids is 1. The van der Waals surface area contributed by atoms with Crippen LogP contribution in [0.4, 0.5) is 0 Å². The maximum Gasteiger partial charge on any atom is 0.241 e. The van der Waals surface area contributed by atoms with Gasteiger partial charge in [-0.2, -0.15) is 0 Å². The molecule has 1 aliphatic carbocycles. The first-order valence-corrected chi connectivity index (χ1v) is 6.68. The van der Waals surface area contributed by atoms with Crippen LogP contribution in [0.25, 0.3) is 0 Å². The van der Waals surface area contributed by atoms with Gasteiger partial charge in [-0.15, -0.1) is 0 Å². The minimum atomic E-state index is 0.0718. The van der Waals surface area contributed by atoms with E-state index in [1.165, 1.54) is 12.8 Å². The number of carbonyl (C=O) groups is 1. The lowest BCUT2D eigenvalue weighted by atomic mass is 10.1. The summed E-state index contributed by atoms with van der Waals surface area (Å²) < 4.78 is 0. The molecule has 1 aliphatic heterocycles. The Morgan fingerprint density at radius 3 is 2.62 bits per heavy atom. The van der Waals surface area contributed by atoms with Gasteiger partial charge in [-0.3, -0.25) is 10.1 Å². The van der Waals surface area contributed by atoms with Crippen LogP contribution in [0.2, 0.25) is 0 Å². The molecule has 1 saturated carbocycles. The topological polar surface area (TPSA) is 32.3 Å². The first-order chi connectivity index (χ1) is 7.61. The van der Waals surface area contributed by atoms with E-state index >= 15 is 0 Å². The Morgan fingerprint density at radius 2 is 2.12 bits per heavy atom. The third-order valence-electron chi connectivity index (χ3n) is 3.61. The van der Waals surface area contributed by atoms with Crippen molar-refractivity contribution in [3.63, 3.8) is 0 Å². The number of hydrogen-bond acceptors (Lipinski definition) is 2. The van der Waals surface area contributed by atoms with E-state index in [2.05, 4.69) is 31.0 Å². The zero-order chi connectivity index (χ0) is 11.7. The van der Waals surface area contributed by atoms with E-state index in [0.29, 0.717) is 11.8 Å². The van der Waals surface area contributed by atoms with Crippen LogP contribution in [0.3, 0.4) is 0 Å². The number of nitrogens with one attached hydrogen (secondary N) is 1. The highest BCUT2D eigenvalue weighted by atomic mass is 16.2. The molecule has 0 aromatic carbocycles. The molecule has 2 fully saturated rings. The first-order valence-electron chi connectivity index (χ1n) is 6.68. The lowest BCUT2D eigenvalue weighted by Crippen LogP contribution is -2.39. The van der Waals surface area contributed by atoms with Crippen molar-refractivity contribution >= 4 is 5.91 Å². The van der Waals surface area contributed by atoms with Crippen LogP contribution in [-0.2, 0) is 4.79 Å². The summed E-state index contributed by atoms with van der Waals surface area (Å²) in [5, 5.41) is 3.48. The van der Waals surface area contributed by atoms with E-state index in [0.717, 1.165) is 25.3 Å². The summed E-state index contributed by atoms with van der Waals surface area (Å²) in [6.07, 6.45) is 4.91. The van der Waals surface area contributed by atoms with E-state index < -0.39 is 0 Å². The van der Waals surface area contributed by atoms with Crippen LogP contribution in [0.5, 0.6) is 0 Å². The monoisotopic (exact) mass is 224 g/mol. The second-order valence-corrected chi connectivity index (χ2v) is 5.71. The Kier molecular flexibility index (Phi) is 3.53.